The molecule has 0 bridgehead atoms. The van der Waals surface area contributed by atoms with Gasteiger partial charge in [-0.1, -0.05) is 29.4 Å². The minimum absolute atomic E-state index is 0.0353. The molecule has 0 saturated heterocycles. The number of aryl methyl sites for hydroxylation is 1. The molecule has 0 radical (unpaired) electrons. The van der Waals surface area contributed by atoms with Crippen LogP contribution in [0.3, 0.4) is 0 Å². The average Bonchev–Trinajstić information content (AvgIpc) is 2.76. The lowest BCUT2D eigenvalue weighted by Gasteiger charge is -2.37. The number of hydrogen-bond donors (Lipinski definition) is 0. The lowest BCUT2D eigenvalue weighted by Crippen LogP contribution is -2.36. The maximum absolute atomic E-state index is 13.3. The minimum Gasteiger partial charge on any atom is -0.487 e. The Morgan fingerprint density at radius 1 is 1.06 bits per heavy atom. The number of ether oxygens (including phenoxy) is 3. The lowest BCUT2D eigenvalue weighted by atomic mass is 9.86. The molecule has 1 aliphatic rings. The number of halogens is 3. The van der Waals surface area contributed by atoms with Gasteiger partial charge in [-0.05, 0) is 110 Å². The van der Waals surface area contributed by atoms with Gasteiger partial charge in [0.15, 0.2) is 6.79 Å². The Kier molecular flexibility index (Phi) is 11.1. The molecule has 0 spiro atoms. The van der Waals surface area contributed by atoms with E-state index in [1.54, 1.807) is 7.11 Å². The summed E-state index contributed by atoms with van der Waals surface area (Å²) >= 11 is 0. The molecule has 1 aromatic carbocycles. The summed E-state index contributed by atoms with van der Waals surface area (Å²) in [5, 5.41) is 0. The smallest absolute Gasteiger partial charge is 0.412 e. The molecule has 3 nitrogen and oxygen atoms in total. The van der Waals surface area contributed by atoms with Crippen LogP contribution >= 0.6 is 0 Å². The molecular weight excluding hydrogens is 465 g/mol. The van der Waals surface area contributed by atoms with Gasteiger partial charge in [-0.15, -0.1) is 0 Å². The highest BCUT2D eigenvalue weighted by Gasteiger charge is 2.33. The van der Waals surface area contributed by atoms with Gasteiger partial charge in [0, 0.05) is 18.2 Å². The predicted octanol–water partition coefficient (Wildman–Crippen LogP) is 9.11. The zero-order chi connectivity index (χ0) is 26.9. The number of hydrogen-bond acceptors (Lipinski definition) is 3. The van der Waals surface area contributed by atoms with Gasteiger partial charge >= 0.3 is 6.18 Å². The molecule has 1 heterocycles. The van der Waals surface area contributed by atoms with Crippen LogP contribution < -0.4 is 9.47 Å². The molecule has 36 heavy (non-hydrogen) atoms. The molecule has 0 saturated carbocycles. The monoisotopic (exact) mass is 508 g/mol. The van der Waals surface area contributed by atoms with Gasteiger partial charge in [0.25, 0.3) is 0 Å². The Morgan fingerprint density at radius 3 is 2.39 bits per heavy atom. The predicted molar refractivity (Wildman–Crippen MR) is 141 cm³/mol. The second kappa shape index (κ2) is 13.4. The highest BCUT2D eigenvalue weighted by molar-refractivity contribution is 5.53. The molecule has 1 aliphatic heterocycles. The number of benzene rings is 1. The molecule has 202 valence electrons. The molecular formula is C30H43F3O3. The van der Waals surface area contributed by atoms with Crippen LogP contribution in [0.25, 0.3) is 0 Å². The van der Waals surface area contributed by atoms with Crippen molar-refractivity contribution in [1.82, 2.24) is 0 Å². The van der Waals surface area contributed by atoms with Gasteiger partial charge in [0.1, 0.15) is 17.1 Å². The highest BCUT2D eigenvalue weighted by Crippen LogP contribution is 2.42. The summed E-state index contributed by atoms with van der Waals surface area (Å²) in [6, 6.07) is 2.05. The van der Waals surface area contributed by atoms with E-state index >= 15 is 0 Å². The van der Waals surface area contributed by atoms with Crippen molar-refractivity contribution in [2.45, 2.75) is 105 Å². The van der Waals surface area contributed by atoms with Gasteiger partial charge < -0.3 is 14.2 Å². The Labute approximate surface area is 215 Å². The summed E-state index contributed by atoms with van der Waals surface area (Å²) in [4.78, 5) is 0. The van der Waals surface area contributed by atoms with Gasteiger partial charge in [-0.3, -0.25) is 0 Å². The van der Waals surface area contributed by atoms with Crippen molar-refractivity contribution in [1.29, 1.82) is 0 Å². The second-order valence-corrected chi connectivity index (χ2v) is 10.4. The van der Waals surface area contributed by atoms with Crippen molar-refractivity contribution in [2.24, 2.45) is 0 Å². The molecule has 1 aromatic rings. The van der Waals surface area contributed by atoms with Crippen molar-refractivity contribution in [3.63, 3.8) is 0 Å². The Hall–Kier alpha value is -2.21. The normalized spacial score (nSPS) is 18.5. The lowest BCUT2D eigenvalue weighted by molar-refractivity contribution is -0.0941. The quantitative estimate of drug-likeness (QED) is 0.208. The summed E-state index contributed by atoms with van der Waals surface area (Å²) in [6.45, 7) is 12.2. The fraction of sp³-hybridized carbons (Fsp3) is 0.600. The van der Waals surface area contributed by atoms with E-state index in [-0.39, 0.29) is 18.8 Å². The first-order valence-corrected chi connectivity index (χ1v) is 12.9. The first-order chi connectivity index (χ1) is 16.9. The SMILES string of the molecule is COCOc1c(C)cc2c(c1C)CCC(C)(CC/C=C(\C)CC/C=C(/CCC=C(C)C)C(F)(F)F)O2. The molecule has 1 atom stereocenters. The molecule has 1 unspecified atom stereocenters. The molecule has 0 aromatic heterocycles. The van der Waals surface area contributed by atoms with E-state index in [9.17, 15) is 13.2 Å². The van der Waals surface area contributed by atoms with E-state index < -0.39 is 11.7 Å². The Bertz CT molecular complexity index is 969. The van der Waals surface area contributed by atoms with Crippen LogP contribution in [0.15, 0.2) is 41.0 Å². The van der Waals surface area contributed by atoms with E-state index in [1.807, 2.05) is 39.8 Å². The van der Waals surface area contributed by atoms with Gasteiger partial charge in [-0.2, -0.15) is 13.2 Å². The van der Waals surface area contributed by atoms with E-state index in [4.69, 9.17) is 14.2 Å². The van der Waals surface area contributed by atoms with Crippen molar-refractivity contribution in [3.8, 4) is 11.5 Å². The summed E-state index contributed by atoms with van der Waals surface area (Å²) < 4.78 is 57.3. The number of allylic oxidation sites excluding steroid dienone is 6. The maximum Gasteiger partial charge on any atom is 0.412 e. The van der Waals surface area contributed by atoms with Crippen LogP contribution in [-0.4, -0.2) is 25.7 Å². The van der Waals surface area contributed by atoms with Crippen LogP contribution in [0.1, 0.15) is 89.3 Å². The van der Waals surface area contributed by atoms with E-state index in [2.05, 4.69) is 19.9 Å². The third-order valence-electron chi connectivity index (χ3n) is 6.80. The highest BCUT2D eigenvalue weighted by atomic mass is 19.4. The zero-order valence-electron chi connectivity index (χ0n) is 23.0. The van der Waals surface area contributed by atoms with Gasteiger partial charge in [0.2, 0.25) is 0 Å². The molecule has 0 fully saturated rings. The van der Waals surface area contributed by atoms with Crippen LogP contribution in [0.4, 0.5) is 13.2 Å². The van der Waals surface area contributed by atoms with Crippen LogP contribution in [0.2, 0.25) is 0 Å². The standard InChI is InChI=1S/C30H43F3O3/c1-21(2)11-8-14-25(30(31,32)33)15-9-12-22(3)13-10-17-29(6)18-16-26-24(5)28(35-20-34-7)23(4)19-27(26)36-29/h11,13,15,19H,8-10,12,14,16-18,20H2,1-7H3/b22-13+,25-15-. The van der Waals surface area contributed by atoms with Gasteiger partial charge in [0.05, 0.1) is 0 Å². The van der Waals surface area contributed by atoms with Crippen LogP contribution in [0, 0.1) is 13.8 Å². The summed E-state index contributed by atoms with van der Waals surface area (Å²) in [7, 11) is 1.61. The zero-order valence-corrected chi connectivity index (χ0v) is 23.0. The van der Waals surface area contributed by atoms with Crippen molar-refractivity contribution < 1.29 is 27.4 Å². The third-order valence-corrected chi connectivity index (χ3v) is 6.80. The van der Waals surface area contributed by atoms with E-state index in [0.29, 0.717) is 19.3 Å². The average molecular weight is 509 g/mol. The molecule has 0 N–H and O–H groups in total. The molecule has 2 rings (SSSR count). The fourth-order valence-electron chi connectivity index (χ4n) is 4.67. The largest absolute Gasteiger partial charge is 0.487 e. The third kappa shape index (κ3) is 9.02. The number of methoxy groups -OCH3 is 1. The maximum atomic E-state index is 13.3. The van der Waals surface area contributed by atoms with Gasteiger partial charge in [-0.25, -0.2) is 0 Å². The van der Waals surface area contributed by atoms with Crippen molar-refractivity contribution in [2.75, 3.05) is 13.9 Å². The van der Waals surface area contributed by atoms with E-state index in [0.717, 1.165) is 59.5 Å². The first kappa shape index (κ1) is 30.0. The Balaban J connectivity index is 1.94. The van der Waals surface area contributed by atoms with Crippen LogP contribution in [-0.2, 0) is 11.2 Å². The number of rotatable bonds is 12. The summed E-state index contributed by atoms with van der Waals surface area (Å²) in [5.41, 5.74) is 4.78. The number of alkyl halides is 3. The molecule has 0 amide bonds. The van der Waals surface area contributed by atoms with Crippen molar-refractivity contribution >= 4 is 0 Å². The Morgan fingerprint density at radius 2 is 1.75 bits per heavy atom. The minimum atomic E-state index is -4.26. The first-order valence-electron chi connectivity index (χ1n) is 12.9. The van der Waals surface area contributed by atoms with Crippen molar-refractivity contribution in [3.05, 3.63) is 57.7 Å². The number of fused-ring (bicyclic) bond motifs is 1. The summed E-state index contributed by atoms with van der Waals surface area (Å²) in [5.74, 6) is 1.78. The fourth-order valence-corrected chi connectivity index (χ4v) is 4.67. The topological polar surface area (TPSA) is 27.7 Å². The molecule has 0 aliphatic carbocycles. The molecule has 6 heteroatoms. The van der Waals surface area contributed by atoms with Crippen LogP contribution in [0.5, 0.6) is 11.5 Å². The summed E-state index contributed by atoms with van der Waals surface area (Å²) in [6.07, 6.45) is 6.11. The second-order valence-electron chi connectivity index (χ2n) is 10.4. The van der Waals surface area contributed by atoms with E-state index in [1.165, 1.54) is 11.6 Å².